The number of carbonyl (C=O) groups is 1. The van der Waals surface area contributed by atoms with Crippen LogP contribution in [0.15, 0.2) is 42.7 Å². The molecule has 0 unspecified atom stereocenters. The number of rotatable bonds is 10. The molecule has 0 radical (unpaired) electrons. The number of halogens is 2. The average molecular weight is 581 g/mol. The maximum absolute atomic E-state index is 13.8. The normalized spacial score (nSPS) is 20.8. The van der Waals surface area contributed by atoms with Crippen LogP contribution < -0.4 is 9.47 Å². The van der Waals surface area contributed by atoms with Gasteiger partial charge in [0.2, 0.25) is 5.88 Å². The Balaban J connectivity index is 1.09. The minimum Gasteiger partial charge on any atom is -0.478 e. The minimum absolute atomic E-state index is 0.0727. The first-order chi connectivity index (χ1) is 20.3. The lowest BCUT2D eigenvalue weighted by molar-refractivity contribution is -0.0593. The Morgan fingerprint density at radius 2 is 2.02 bits per heavy atom. The molecule has 1 aromatic carbocycles. The van der Waals surface area contributed by atoms with Crippen molar-refractivity contribution in [3.8, 4) is 11.8 Å². The third kappa shape index (κ3) is 6.16. The summed E-state index contributed by atoms with van der Waals surface area (Å²) in [5, 5.41) is 9.50. The topological polar surface area (TPSA) is 125 Å². The maximum Gasteiger partial charge on any atom is 0.335 e. The van der Waals surface area contributed by atoms with Gasteiger partial charge in [-0.3, -0.25) is 4.90 Å². The van der Waals surface area contributed by atoms with Gasteiger partial charge in [0.15, 0.2) is 11.6 Å². The molecule has 2 saturated heterocycles. The van der Waals surface area contributed by atoms with E-state index in [1.54, 1.807) is 30.5 Å². The molecule has 2 fully saturated rings. The zero-order valence-electron chi connectivity index (χ0n) is 22.9. The van der Waals surface area contributed by atoms with E-state index < -0.39 is 17.6 Å². The van der Waals surface area contributed by atoms with E-state index in [2.05, 4.69) is 31.3 Å². The van der Waals surface area contributed by atoms with Gasteiger partial charge in [0.05, 0.1) is 42.0 Å². The Bertz CT molecular complexity index is 1600. The summed E-state index contributed by atoms with van der Waals surface area (Å²) in [7, 11) is 0. The van der Waals surface area contributed by atoms with Gasteiger partial charge in [-0.2, -0.15) is 4.98 Å². The second-order valence-electron chi connectivity index (χ2n) is 10.6. The second-order valence-corrected chi connectivity index (χ2v) is 10.6. The summed E-state index contributed by atoms with van der Waals surface area (Å²) in [6, 6.07) is 7.57. The molecule has 3 atom stereocenters. The molecule has 4 aromatic rings. The number of hydrogen-bond acceptors (Lipinski definition) is 9. The summed E-state index contributed by atoms with van der Waals surface area (Å²) in [5.41, 5.74) is 1.80. The van der Waals surface area contributed by atoms with Crippen molar-refractivity contribution in [1.29, 1.82) is 0 Å². The molecule has 11 nitrogen and oxygen atoms in total. The first-order valence-electron chi connectivity index (χ1n) is 13.8. The first-order valence-corrected chi connectivity index (χ1v) is 13.8. The lowest BCUT2D eigenvalue weighted by atomic mass is 10.0. The molecule has 6 rings (SSSR count). The van der Waals surface area contributed by atoms with Crippen molar-refractivity contribution in [1.82, 2.24) is 29.4 Å². The van der Waals surface area contributed by atoms with Crippen LogP contribution in [0.1, 0.15) is 48.2 Å². The number of aromatic nitrogens is 5. The largest absolute Gasteiger partial charge is 0.478 e. The van der Waals surface area contributed by atoms with Crippen molar-refractivity contribution in [3.63, 3.8) is 0 Å². The van der Waals surface area contributed by atoms with Gasteiger partial charge in [0.1, 0.15) is 24.4 Å². The number of hydrogen-bond donors (Lipinski definition) is 1. The molecule has 0 spiro atoms. The molecule has 3 aromatic heterocycles. The predicted molar refractivity (Wildman–Crippen MR) is 145 cm³/mol. The van der Waals surface area contributed by atoms with Crippen molar-refractivity contribution in [3.05, 3.63) is 71.6 Å². The van der Waals surface area contributed by atoms with Crippen molar-refractivity contribution >= 4 is 17.0 Å². The third-order valence-corrected chi connectivity index (χ3v) is 7.64. The third-order valence-electron chi connectivity index (χ3n) is 7.64. The number of ether oxygens (including phenoxy) is 3. The molecule has 220 valence electrons. The molecule has 13 heteroatoms. The lowest BCUT2D eigenvalue weighted by Crippen LogP contribution is -2.44. The highest BCUT2D eigenvalue weighted by molar-refractivity contribution is 5.92. The molecular formula is C29H30F2N6O5. The summed E-state index contributed by atoms with van der Waals surface area (Å²) >= 11 is 0. The molecule has 0 aliphatic carbocycles. The van der Waals surface area contributed by atoms with Gasteiger partial charge in [0, 0.05) is 37.5 Å². The maximum atomic E-state index is 13.8. The van der Waals surface area contributed by atoms with Crippen LogP contribution in [0.3, 0.4) is 0 Å². The number of benzene rings is 1. The van der Waals surface area contributed by atoms with Crippen molar-refractivity contribution < 1.29 is 32.9 Å². The Labute approximate surface area is 240 Å². The molecule has 0 saturated carbocycles. The number of carboxylic acid groups (broad SMARTS) is 1. The van der Waals surface area contributed by atoms with Crippen molar-refractivity contribution in [2.45, 2.75) is 64.1 Å². The Kier molecular flexibility index (Phi) is 7.94. The number of piperidine rings is 1. The van der Waals surface area contributed by atoms with Crippen molar-refractivity contribution in [2.24, 2.45) is 0 Å². The van der Waals surface area contributed by atoms with Crippen LogP contribution in [0, 0.1) is 11.6 Å². The molecular weight excluding hydrogens is 550 g/mol. The summed E-state index contributed by atoms with van der Waals surface area (Å²) in [6.45, 7) is 4.74. The second kappa shape index (κ2) is 11.9. The Hall–Kier alpha value is -4.23. The van der Waals surface area contributed by atoms with Gasteiger partial charge >= 0.3 is 5.97 Å². The van der Waals surface area contributed by atoms with Crippen LogP contribution in [0.4, 0.5) is 8.78 Å². The smallest absolute Gasteiger partial charge is 0.335 e. The molecule has 2 aliphatic heterocycles. The van der Waals surface area contributed by atoms with Gasteiger partial charge in [-0.1, -0.05) is 0 Å². The first kappa shape index (κ1) is 27.9. The number of likely N-dealkylation sites (tertiary alicyclic amines) is 1. The lowest BCUT2D eigenvalue weighted by Gasteiger charge is -2.37. The predicted octanol–water partition coefficient (Wildman–Crippen LogP) is 4.00. The van der Waals surface area contributed by atoms with Crippen LogP contribution in [-0.4, -0.2) is 71.9 Å². The van der Waals surface area contributed by atoms with Gasteiger partial charge < -0.3 is 23.9 Å². The van der Waals surface area contributed by atoms with Gasteiger partial charge in [-0.05, 0) is 44.4 Å². The fourth-order valence-electron chi connectivity index (χ4n) is 5.29. The van der Waals surface area contributed by atoms with Crippen molar-refractivity contribution in [2.75, 3.05) is 13.2 Å². The van der Waals surface area contributed by atoms with Crippen LogP contribution in [0.5, 0.6) is 11.8 Å². The van der Waals surface area contributed by atoms with Crippen LogP contribution in [0.25, 0.3) is 11.0 Å². The Morgan fingerprint density at radius 1 is 1.17 bits per heavy atom. The number of nitrogens with zero attached hydrogens (tertiary/aromatic N) is 6. The molecule has 42 heavy (non-hydrogen) atoms. The molecule has 1 N–H and O–H groups in total. The van der Waals surface area contributed by atoms with E-state index in [1.807, 2.05) is 0 Å². The van der Waals surface area contributed by atoms with E-state index in [0.717, 1.165) is 55.5 Å². The standard InChI is InChI=1S/C29H30F2N6O5/c1-17-10-20(42-27-4-7-32-25(35-27)16-41-28-22(31)12-19(30)13-33-28)5-8-36(17)15-26-34-23-3-2-18(29(38)39)11-24(23)37(26)14-21-6-9-40-21/h2-4,7,11-13,17,20-21H,5-6,8-10,14-16H2,1H3,(H,38,39)/t17-,20-,21-/m0/s1. The van der Waals surface area contributed by atoms with E-state index in [0.29, 0.717) is 25.0 Å². The zero-order valence-corrected chi connectivity index (χ0v) is 22.9. The molecule has 5 heterocycles. The monoisotopic (exact) mass is 580 g/mol. The van der Waals surface area contributed by atoms with Crippen LogP contribution >= 0.6 is 0 Å². The number of imidazole rings is 1. The number of fused-ring (bicyclic) bond motifs is 1. The van der Waals surface area contributed by atoms with Gasteiger partial charge in [-0.15, -0.1) is 0 Å². The number of pyridine rings is 1. The van der Waals surface area contributed by atoms with Gasteiger partial charge in [0.25, 0.3) is 5.88 Å². The number of aromatic carboxylic acids is 1. The quantitative estimate of drug-likeness (QED) is 0.294. The van der Waals surface area contributed by atoms with E-state index in [4.69, 9.17) is 19.2 Å². The van der Waals surface area contributed by atoms with Crippen LogP contribution in [-0.2, 0) is 24.4 Å². The fraction of sp³-hybridized carbons (Fsp3) is 0.414. The SMILES string of the molecule is C[C@H]1C[C@@H](Oc2ccnc(COc3ncc(F)cc3F)n2)CCN1Cc1nc2ccc(C(=O)O)cc2n1C[C@@H]1CCO1. The molecule has 0 amide bonds. The zero-order chi connectivity index (χ0) is 29.2. The van der Waals surface area contributed by atoms with E-state index in [9.17, 15) is 18.7 Å². The average Bonchev–Trinajstić information content (AvgIpc) is 3.28. The molecule has 2 aliphatic rings. The number of carboxylic acids is 1. The summed E-state index contributed by atoms with van der Waals surface area (Å²) in [5.74, 6) is -1.44. The van der Waals surface area contributed by atoms with E-state index >= 15 is 0 Å². The van der Waals surface area contributed by atoms with E-state index in [1.165, 1.54) is 0 Å². The summed E-state index contributed by atoms with van der Waals surface area (Å²) in [6.07, 6.45) is 4.93. The molecule has 0 bridgehead atoms. The highest BCUT2D eigenvalue weighted by Crippen LogP contribution is 2.27. The highest BCUT2D eigenvalue weighted by atomic mass is 19.1. The summed E-state index contributed by atoms with van der Waals surface area (Å²) < 4.78 is 46.1. The van der Waals surface area contributed by atoms with Crippen LogP contribution in [0.2, 0.25) is 0 Å². The summed E-state index contributed by atoms with van der Waals surface area (Å²) in [4.78, 5) is 30.9. The fourth-order valence-corrected chi connectivity index (χ4v) is 5.29. The highest BCUT2D eigenvalue weighted by Gasteiger charge is 2.29. The van der Waals surface area contributed by atoms with Gasteiger partial charge in [-0.25, -0.2) is 28.5 Å². The van der Waals surface area contributed by atoms with E-state index in [-0.39, 0.29) is 42.1 Å². The minimum atomic E-state index is -0.969. The Morgan fingerprint density at radius 3 is 2.76 bits per heavy atom.